The van der Waals surface area contributed by atoms with Crippen LogP contribution in [0, 0.1) is 0 Å². The highest BCUT2D eigenvalue weighted by Gasteiger charge is 2.21. The lowest BCUT2D eigenvalue weighted by molar-refractivity contribution is -0.124. The Morgan fingerprint density at radius 3 is 2.84 bits per heavy atom. The molecule has 1 N–H and O–H groups in total. The molecule has 130 valence electrons. The third kappa shape index (κ3) is 4.66. The summed E-state index contributed by atoms with van der Waals surface area (Å²) in [5, 5.41) is 15.1. The average Bonchev–Trinajstić information content (AvgIpc) is 3.29. The lowest BCUT2D eigenvalue weighted by atomic mass is 10.1. The summed E-state index contributed by atoms with van der Waals surface area (Å²) in [6.45, 7) is 0.545. The second-order valence-corrected chi connectivity index (χ2v) is 6.52. The number of imidazole rings is 1. The van der Waals surface area contributed by atoms with Gasteiger partial charge in [0, 0.05) is 38.2 Å². The van der Waals surface area contributed by atoms with Gasteiger partial charge in [0.2, 0.25) is 5.91 Å². The van der Waals surface area contributed by atoms with Gasteiger partial charge in [0.25, 0.3) is 0 Å². The molecule has 0 aliphatic rings. The molecule has 0 bridgehead atoms. The largest absolute Gasteiger partial charge is 0.353 e. The van der Waals surface area contributed by atoms with Crippen LogP contribution in [0.1, 0.15) is 11.6 Å². The summed E-state index contributed by atoms with van der Waals surface area (Å²) in [7, 11) is 1.95. The summed E-state index contributed by atoms with van der Waals surface area (Å²) >= 11 is 1.60. The molecule has 0 saturated heterocycles. The fourth-order valence-corrected chi connectivity index (χ4v) is 3.17. The van der Waals surface area contributed by atoms with Crippen molar-refractivity contribution in [1.82, 2.24) is 35.1 Å². The van der Waals surface area contributed by atoms with Gasteiger partial charge in [0.15, 0.2) is 5.16 Å². The lowest BCUT2D eigenvalue weighted by Crippen LogP contribution is -2.35. The molecule has 2 aromatic heterocycles. The predicted octanol–water partition coefficient (Wildman–Crippen LogP) is 1.10. The van der Waals surface area contributed by atoms with Gasteiger partial charge in [-0.3, -0.25) is 4.79 Å². The summed E-state index contributed by atoms with van der Waals surface area (Å²) in [6.07, 6.45) is 5.66. The van der Waals surface area contributed by atoms with Crippen LogP contribution >= 0.6 is 11.8 Å². The number of thioether (sulfide) groups is 1. The lowest BCUT2D eigenvalue weighted by Gasteiger charge is -2.16. The van der Waals surface area contributed by atoms with E-state index >= 15 is 0 Å². The molecule has 9 heteroatoms. The standard InChI is InChI=1S/C16H19N7OS/c1-22-9-7-18-16(22)25-10-8-17-15(24)14(23-12-19-20-21-23)11-13-5-3-2-4-6-13/h2-7,9,12,14H,8,10-11H2,1H3,(H,17,24)/t14-/m0/s1. The van der Waals surface area contributed by atoms with Crippen LogP contribution in [0.2, 0.25) is 0 Å². The number of carbonyl (C=O) groups is 1. The zero-order valence-corrected chi connectivity index (χ0v) is 14.6. The van der Waals surface area contributed by atoms with Gasteiger partial charge in [-0.15, -0.1) is 5.10 Å². The monoisotopic (exact) mass is 357 g/mol. The molecule has 0 radical (unpaired) electrons. The summed E-state index contributed by atoms with van der Waals surface area (Å²) in [6, 6.07) is 9.35. The minimum atomic E-state index is -0.476. The topological polar surface area (TPSA) is 90.5 Å². The number of amides is 1. The van der Waals surface area contributed by atoms with E-state index in [1.165, 1.54) is 11.0 Å². The fraction of sp³-hybridized carbons (Fsp3) is 0.312. The van der Waals surface area contributed by atoms with Crippen LogP contribution in [0.5, 0.6) is 0 Å². The van der Waals surface area contributed by atoms with Crippen LogP contribution in [0.25, 0.3) is 0 Å². The Balaban J connectivity index is 1.57. The van der Waals surface area contributed by atoms with Gasteiger partial charge >= 0.3 is 0 Å². The Morgan fingerprint density at radius 2 is 2.16 bits per heavy atom. The minimum Gasteiger partial charge on any atom is -0.353 e. The molecular weight excluding hydrogens is 338 g/mol. The van der Waals surface area contributed by atoms with Crippen molar-refractivity contribution in [3.63, 3.8) is 0 Å². The molecule has 0 spiro atoms. The van der Waals surface area contributed by atoms with Crippen LogP contribution in [-0.2, 0) is 18.3 Å². The van der Waals surface area contributed by atoms with Crippen molar-refractivity contribution >= 4 is 17.7 Å². The van der Waals surface area contributed by atoms with Crippen molar-refractivity contribution in [1.29, 1.82) is 0 Å². The van der Waals surface area contributed by atoms with Gasteiger partial charge in [-0.05, 0) is 16.0 Å². The zero-order valence-electron chi connectivity index (χ0n) is 13.8. The number of tetrazole rings is 1. The summed E-state index contributed by atoms with van der Waals surface area (Å²) in [5.74, 6) is 0.640. The zero-order chi connectivity index (χ0) is 17.5. The first-order valence-corrected chi connectivity index (χ1v) is 8.87. The molecule has 0 unspecified atom stereocenters. The molecule has 2 heterocycles. The van der Waals surface area contributed by atoms with Gasteiger partial charge in [0.05, 0.1) is 0 Å². The Morgan fingerprint density at radius 1 is 1.32 bits per heavy atom. The number of hydrogen-bond donors (Lipinski definition) is 1. The molecule has 3 rings (SSSR count). The van der Waals surface area contributed by atoms with E-state index in [0.717, 1.165) is 16.5 Å². The predicted molar refractivity (Wildman–Crippen MR) is 93.9 cm³/mol. The fourth-order valence-electron chi connectivity index (χ4n) is 2.38. The second kappa shape index (κ2) is 8.43. The summed E-state index contributed by atoms with van der Waals surface area (Å²) in [5.41, 5.74) is 1.06. The molecule has 3 aromatic rings. The molecular formula is C16H19N7OS. The molecule has 8 nitrogen and oxygen atoms in total. The van der Waals surface area contributed by atoms with Crippen LogP contribution in [-0.4, -0.2) is 48.0 Å². The molecule has 1 amide bonds. The molecule has 0 fully saturated rings. The van der Waals surface area contributed by atoms with E-state index in [1.807, 2.05) is 48.1 Å². The van der Waals surface area contributed by atoms with Crippen molar-refractivity contribution in [3.8, 4) is 0 Å². The first-order chi connectivity index (χ1) is 12.2. The molecule has 25 heavy (non-hydrogen) atoms. The van der Waals surface area contributed by atoms with Crippen LogP contribution in [0.4, 0.5) is 0 Å². The Hall–Kier alpha value is -2.68. The first kappa shape index (κ1) is 17.2. The highest BCUT2D eigenvalue weighted by atomic mass is 32.2. The van der Waals surface area contributed by atoms with Gasteiger partial charge in [-0.25, -0.2) is 9.67 Å². The number of nitrogens with zero attached hydrogens (tertiary/aromatic N) is 6. The van der Waals surface area contributed by atoms with Crippen molar-refractivity contribution in [2.75, 3.05) is 12.3 Å². The number of rotatable bonds is 8. The molecule has 1 aromatic carbocycles. The number of carbonyl (C=O) groups excluding carboxylic acids is 1. The normalized spacial score (nSPS) is 12.0. The van der Waals surface area contributed by atoms with E-state index in [-0.39, 0.29) is 5.91 Å². The van der Waals surface area contributed by atoms with Crippen molar-refractivity contribution < 1.29 is 4.79 Å². The Bertz CT molecular complexity index is 788. The molecule has 0 saturated carbocycles. The molecule has 0 aliphatic carbocycles. The number of nitrogens with one attached hydrogen (secondary N) is 1. The van der Waals surface area contributed by atoms with Crippen molar-refractivity contribution in [2.24, 2.45) is 7.05 Å². The van der Waals surface area contributed by atoms with Gasteiger partial charge in [0.1, 0.15) is 12.4 Å². The minimum absolute atomic E-state index is 0.100. The third-order valence-corrected chi connectivity index (χ3v) is 4.73. The Labute approximate surface area is 149 Å². The number of benzene rings is 1. The van der Waals surface area contributed by atoms with Crippen LogP contribution < -0.4 is 5.32 Å². The SMILES string of the molecule is Cn1ccnc1SCCNC(=O)[C@H](Cc1ccccc1)n1cnnn1. The van der Waals surface area contributed by atoms with E-state index in [9.17, 15) is 4.79 Å². The quantitative estimate of drug-likeness (QED) is 0.480. The highest BCUT2D eigenvalue weighted by Crippen LogP contribution is 2.15. The maximum absolute atomic E-state index is 12.6. The van der Waals surface area contributed by atoms with E-state index in [4.69, 9.17) is 0 Å². The van der Waals surface area contributed by atoms with E-state index < -0.39 is 6.04 Å². The Kier molecular flexibility index (Phi) is 5.78. The van der Waals surface area contributed by atoms with E-state index in [2.05, 4.69) is 25.8 Å². The van der Waals surface area contributed by atoms with E-state index in [1.54, 1.807) is 18.0 Å². The second-order valence-electron chi connectivity index (χ2n) is 5.46. The number of aromatic nitrogens is 6. The first-order valence-electron chi connectivity index (χ1n) is 7.88. The maximum Gasteiger partial charge on any atom is 0.245 e. The van der Waals surface area contributed by atoms with E-state index in [0.29, 0.717) is 13.0 Å². The van der Waals surface area contributed by atoms with Crippen molar-refractivity contribution in [3.05, 3.63) is 54.6 Å². The van der Waals surface area contributed by atoms with Crippen LogP contribution in [0.3, 0.4) is 0 Å². The average molecular weight is 357 g/mol. The van der Waals surface area contributed by atoms with Gasteiger partial charge < -0.3 is 9.88 Å². The highest BCUT2D eigenvalue weighted by molar-refractivity contribution is 7.99. The number of hydrogen-bond acceptors (Lipinski definition) is 6. The maximum atomic E-state index is 12.6. The summed E-state index contributed by atoms with van der Waals surface area (Å²) in [4.78, 5) is 16.9. The number of aryl methyl sites for hydroxylation is 1. The summed E-state index contributed by atoms with van der Waals surface area (Å²) < 4.78 is 3.44. The molecule has 0 aliphatic heterocycles. The van der Waals surface area contributed by atoms with Gasteiger partial charge in [-0.1, -0.05) is 42.1 Å². The third-order valence-electron chi connectivity index (χ3n) is 3.67. The smallest absolute Gasteiger partial charge is 0.245 e. The van der Waals surface area contributed by atoms with Gasteiger partial charge in [-0.2, -0.15) is 0 Å². The van der Waals surface area contributed by atoms with Crippen molar-refractivity contribution in [2.45, 2.75) is 17.6 Å². The molecule has 1 atom stereocenters. The van der Waals surface area contributed by atoms with Crippen LogP contribution in [0.15, 0.2) is 54.2 Å².